The van der Waals surface area contributed by atoms with E-state index in [-0.39, 0.29) is 17.7 Å². The second kappa shape index (κ2) is 8.57. The van der Waals surface area contributed by atoms with Crippen LogP contribution >= 0.6 is 11.8 Å². The number of carboxylic acid groups (broad SMARTS) is 1. The monoisotopic (exact) mass is 338 g/mol. The Kier molecular flexibility index (Phi) is 7.09. The summed E-state index contributed by atoms with van der Waals surface area (Å²) in [4.78, 5) is 35.1. The van der Waals surface area contributed by atoms with E-state index in [0.29, 0.717) is 5.69 Å². The van der Waals surface area contributed by atoms with Gasteiger partial charge in [0.15, 0.2) is 0 Å². The van der Waals surface area contributed by atoms with Crippen LogP contribution in [0.25, 0.3) is 0 Å². The van der Waals surface area contributed by atoms with Gasteiger partial charge in [0, 0.05) is 17.5 Å². The maximum Gasteiger partial charge on any atom is 0.326 e. The summed E-state index contributed by atoms with van der Waals surface area (Å²) in [6.45, 7) is 6.65. The summed E-state index contributed by atoms with van der Waals surface area (Å²) in [7, 11) is 0. The number of thioether (sulfide) groups is 1. The molecule has 0 bridgehead atoms. The van der Waals surface area contributed by atoms with E-state index < -0.39 is 17.3 Å². The number of benzene rings is 1. The fourth-order valence-corrected chi connectivity index (χ4v) is 2.74. The first-order valence-electron chi connectivity index (χ1n) is 7.28. The number of carboxylic acids is 1. The van der Waals surface area contributed by atoms with Crippen molar-refractivity contribution in [2.45, 2.75) is 43.9 Å². The quantitative estimate of drug-likeness (QED) is 0.663. The number of nitrogens with one attached hydrogen (secondary N) is 2. The molecule has 0 spiro atoms. The predicted octanol–water partition coefficient (Wildman–Crippen LogP) is 2.35. The Labute approximate surface area is 140 Å². The van der Waals surface area contributed by atoms with Crippen LogP contribution in [0.2, 0.25) is 0 Å². The molecular weight excluding hydrogens is 316 g/mol. The zero-order chi connectivity index (χ0) is 17.6. The van der Waals surface area contributed by atoms with Crippen LogP contribution in [0.1, 0.15) is 27.7 Å². The topological polar surface area (TPSA) is 95.5 Å². The first-order valence-corrected chi connectivity index (χ1v) is 8.16. The number of carbonyl (C=O) groups is 3. The van der Waals surface area contributed by atoms with Crippen LogP contribution in [-0.4, -0.2) is 34.2 Å². The first kappa shape index (κ1) is 19.0. The minimum absolute atomic E-state index is 0.147. The molecule has 0 aliphatic carbocycles. The van der Waals surface area contributed by atoms with Crippen LogP contribution in [0.15, 0.2) is 29.2 Å². The molecule has 0 saturated carbocycles. The maximum atomic E-state index is 12.1. The first-order chi connectivity index (χ1) is 10.7. The van der Waals surface area contributed by atoms with Gasteiger partial charge in [-0.2, -0.15) is 0 Å². The molecule has 1 rings (SSSR count). The number of amides is 2. The van der Waals surface area contributed by atoms with E-state index in [1.165, 1.54) is 18.7 Å². The molecule has 6 nitrogen and oxygen atoms in total. The van der Waals surface area contributed by atoms with Gasteiger partial charge in [-0.1, -0.05) is 13.8 Å². The van der Waals surface area contributed by atoms with Gasteiger partial charge >= 0.3 is 5.97 Å². The average Bonchev–Trinajstić information content (AvgIpc) is 2.45. The zero-order valence-electron chi connectivity index (χ0n) is 13.6. The summed E-state index contributed by atoms with van der Waals surface area (Å²) in [6.07, 6.45) is 0. The Morgan fingerprint density at radius 3 is 2.09 bits per heavy atom. The molecule has 1 aromatic carbocycles. The van der Waals surface area contributed by atoms with Gasteiger partial charge in [-0.3, -0.25) is 9.59 Å². The molecule has 126 valence electrons. The van der Waals surface area contributed by atoms with Crippen molar-refractivity contribution >= 4 is 35.2 Å². The van der Waals surface area contributed by atoms with E-state index in [9.17, 15) is 14.4 Å². The van der Waals surface area contributed by atoms with Crippen LogP contribution in [-0.2, 0) is 14.4 Å². The number of hydrogen-bond donors (Lipinski definition) is 3. The third-order valence-corrected chi connectivity index (χ3v) is 4.20. The summed E-state index contributed by atoms with van der Waals surface area (Å²) in [5, 5.41) is 13.9. The lowest BCUT2D eigenvalue weighted by atomic mass is 10.0. The highest BCUT2D eigenvalue weighted by molar-refractivity contribution is 8.00. The Balaban J connectivity index is 2.64. The van der Waals surface area contributed by atoms with Crippen molar-refractivity contribution in [2.75, 3.05) is 5.32 Å². The number of aliphatic carboxylic acids is 1. The molecule has 0 radical (unpaired) electrons. The van der Waals surface area contributed by atoms with Crippen molar-refractivity contribution in [1.82, 2.24) is 5.32 Å². The van der Waals surface area contributed by atoms with Crippen molar-refractivity contribution < 1.29 is 19.5 Å². The van der Waals surface area contributed by atoms with E-state index in [1.807, 2.05) is 0 Å². The largest absolute Gasteiger partial charge is 0.480 e. The van der Waals surface area contributed by atoms with E-state index in [0.717, 1.165) is 4.90 Å². The Morgan fingerprint density at radius 1 is 1.09 bits per heavy atom. The highest BCUT2D eigenvalue weighted by Gasteiger charge is 2.26. The molecule has 0 aromatic heterocycles. The maximum absolute atomic E-state index is 12.1. The van der Waals surface area contributed by atoms with Gasteiger partial charge < -0.3 is 15.7 Å². The Bertz CT molecular complexity index is 572. The zero-order valence-corrected chi connectivity index (χ0v) is 14.4. The van der Waals surface area contributed by atoms with Crippen LogP contribution < -0.4 is 10.6 Å². The predicted molar refractivity (Wildman–Crippen MR) is 90.5 cm³/mol. The molecule has 2 atom stereocenters. The Hall–Kier alpha value is -2.02. The van der Waals surface area contributed by atoms with Crippen LogP contribution in [0.4, 0.5) is 5.69 Å². The summed E-state index contributed by atoms with van der Waals surface area (Å²) >= 11 is 1.33. The van der Waals surface area contributed by atoms with Crippen molar-refractivity contribution in [3.63, 3.8) is 0 Å². The Morgan fingerprint density at radius 2 is 1.65 bits per heavy atom. The molecule has 7 heteroatoms. The number of anilines is 1. The summed E-state index contributed by atoms with van der Waals surface area (Å²) < 4.78 is 0. The van der Waals surface area contributed by atoms with Crippen LogP contribution in [0.5, 0.6) is 0 Å². The summed E-state index contributed by atoms with van der Waals surface area (Å²) in [5.74, 6) is -1.69. The summed E-state index contributed by atoms with van der Waals surface area (Å²) in [6, 6.07) is 6.21. The molecule has 2 amide bonds. The third kappa shape index (κ3) is 6.32. The summed E-state index contributed by atoms with van der Waals surface area (Å²) in [5.41, 5.74) is 0.685. The smallest absolute Gasteiger partial charge is 0.326 e. The molecule has 0 aliphatic heterocycles. The average molecular weight is 338 g/mol. The fraction of sp³-hybridized carbons (Fsp3) is 0.438. The SMILES string of the molecule is CC(=O)Nc1ccc(SC(C)C(=O)N[C@H](C(=O)O)C(C)C)cc1. The lowest BCUT2D eigenvalue weighted by Gasteiger charge is -2.20. The van der Waals surface area contributed by atoms with E-state index in [2.05, 4.69) is 10.6 Å². The lowest BCUT2D eigenvalue weighted by Crippen LogP contribution is -2.46. The molecule has 1 aromatic rings. The van der Waals surface area contributed by atoms with Gasteiger partial charge in [-0.25, -0.2) is 4.79 Å². The molecule has 0 aliphatic rings. The minimum Gasteiger partial charge on any atom is -0.480 e. The molecule has 3 N–H and O–H groups in total. The van der Waals surface area contributed by atoms with Crippen molar-refractivity contribution in [1.29, 1.82) is 0 Å². The number of rotatable bonds is 7. The van der Waals surface area contributed by atoms with Gasteiger partial charge in [0.1, 0.15) is 6.04 Å². The van der Waals surface area contributed by atoms with Crippen LogP contribution in [0.3, 0.4) is 0 Å². The van der Waals surface area contributed by atoms with Crippen LogP contribution in [0, 0.1) is 5.92 Å². The molecule has 0 fully saturated rings. The second-order valence-corrected chi connectivity index (χ2v) is 6.95. The van der Waals surface area contributed by atoms with Gasteiger partial charge in [0.2, 0.25) is 11.8 Å². The van der Waals surface area contributed by atoms with E-state index >= 15 is 0 Å². The standard InChI is InChI=1S/C16H22N2O4S/c1-9(2)14(16(21)22)18-15(20)10(3)23-13-7-5-12(6-8-13)17-11(4)19/h5-10,14H,1-4H3,(H,17,19)(H,18,20)(H,21,22)/t10?,14-/m0/s1. The van der Waals surface area contributed by atoms with Crippen molar-refractivity contribution in [3.8, 4) is 0 Å². The van der Waals surface area contributed by atoms with E-state index in [4.69, 9.17) is 5.11 Å². The molecule has 23 heavy (non-hydrogen) atoms. The normalized spacial score (nSPS) is 13.3. The van der Waals surface area contributed by atoms with Gasteiger partial charge in [-0.05, 0) is 37.1 Å². The van der Waals surface area contributed by atoms with Gasteiger partial charge in [0.25, 0.3) is 0 Å². The third-order valence-electron chi connectivity index (χ3n) is 3.09. The van der Waals surface area contributed by atoms with Gasteiger partial charge in [-0.15, -0.1) is 11.8 Å². The second-order valence-electron chi connectivity index (χ2n) is 5.53. The highest BCUT2D eigenvalue weighted by atomic mass is 32.2. The number of hydrogen-bond acceptors (Lipinski definition) is 4. The molecule has 1 unspecified atom stereocenters. The lowest BCUT2D eigenvalue weighted by molar-refractivity contribution is -0.143. The molecule has 0 saturated heterocycles. The highest BCUT2D eigenvalue weighted by Crippen LogP contribution is 2.25. The number of carbonyl (C=O) groups excluding carboxylic acids is 2. The van der Waals surface area contributed by atoms with Gasteiger partial charge in [0.05, 0.1) is 5.25 Å². The fourth-order valence-electron chi connectivity index (χ4n) is 1.86. The molecule has 0 heterocycles. The molecular formula is C16H22N2O4S. The van der Waals surface area contributed by atoms with Crippen molar-refractivity contribution in [2.24, 2.45) is 5.92 Å². The van der Waals surface area contributed by atoms with Crippen molar-refractivity contribution in [3.05, 3.63) is 24.3 Å². The minimum atomic E-state index is -1.04. The van der Waals surface area contributed by atoms with E-state index in [1.54, 1.807) is 45.0 Å².